The highest BCUT2D eigenvalue weighted by molar-refractivity contribution is 7.40. The van der Waals surface area contributed by atoms with E-state index in [1.807, 2.05) is 33.3 Å². The average Bonchev–Trinajstić information content (AvgIpc) is 2.83. The molecule has 0 aliphatic heterocycles. The number of nitrogens with zero attached hydrogens (tertiary/aromatic N) is 1. The molecular formula is C29H53NO6P+. The number of ether oxygens (including phenoxy) is 2. The zero-order valence-electron chi connectivity index (χ0n) is 24.1. The molecule has 1 aromatic rings. The van der Waals surface area contributed by atoms with Crippen LogP contribution in [0.1, 0.15) is 90.0 Å². The van der Waals surface area contributed by atoms with E-state index in [1.54, 1.807) is 0 Å². The lowest BCUT2D eigenvalue weighted by Crippen LogP contribution is -2.37. The molecule has 0 heterocycles. The van der Waals surface area contributed by atoms with Crippen LogP contribution in [0, 0.1) is 0 Å². The second-order valence-corrected chi connectivity index (χ2v) is 11.8. The summed E-state index contributed by atoms with van der Waals surface area (Å²) in [7, 11) is 4.10. The number of carbonyl (C=O) groups excluding carboxylic acids is 1. The Labute approximate surface area is 227 Å². The van der Waals surface area contributed by atoms with Gasteiger partial charge in [0, 0.05) is 6.92 Å². The fourth-order valence-electron chi connectivity index (χ4n) is 3.90. The van der Waals surface area contributed by atoms with Crippen molar-refractivity contribution < 1.29 is 32.7 Å². The van der Waals surface area contributed by atoms with Gasteiger partial charge < -0.3 is 27.9 Å². The summed E-state index contributed by atoms with van der Waals surface area (Å²) in [6.45, 7) is 4.89. The van der Waals surface area contributed by atoms with Gasteiger partial charge in [0.15, 0.2) is 6.10 Å². The quantitative estimate of drug-likeness (QED) is 0.0709. The van der Waals surface area contributed by atoms with Crippen molar-refractivity contribution in [1.29, 1.82) is 0 Å². The van der Waals surface area contributed by atoms with Gasteiger partial charge in [-0.05, 0) is 30.5 Å². The smallest absolute Gasteiger partial charge is 0.330 e. The SMILES string of the molecule is CCCCCCCCCCCCCc1cccc(OCC(COP(O)OCC[N+](C)(C)C)OC(C)=O)c1. The minimum absolute atomic E-state index is 0.00455. The molecule has 0 spiro atoms. The predicted molar refractivity (Wildman–Crippen MR) is 152 cm³/mol. The molecule has 2 atom stereocenters. The maximum atomic E-state index is 11.5. The number of quaternary nitrogens is 1. The van der Waals surface area contributed by atoms with Gasteiger partial charge in [-0.3, -0.25) is 4.79 Å². The van der Waals surface area contributed by atoms with Crippen LogP contribution in [0.2, 0.25) is 0 Å². The summed E-state index contributed by atoms with van der Waals surface area (Å²) in [5.74, 6) is 0.318. The Bertz CT molecular complexity index is 712. The molecule has 0 saturated carbocycles. The Morgan fingerprint density at radius 2 is 1.54 bits per heavy atom. The molecule has 0 radical (unpaired) electrons. The summed E-state index contributed by atoms with van der Waals surface area (Å²) >= 11 is 0. The third kappa shape index (κ3) is 20.4. The number of likely N-dealkylation sites (N-methyl/N-ethyl adjacent to an activating group) is 1. The molecule has 0 aliphatic carbocycles. The Hall–Kier alpha value is -1.24. The molecule has 0 amide bonds. The van der Waals surface area contributed by atoms with Gasteiger partial charge in [0.2, 0.25) is 0 Å². The van der Waals surface area contributed by atoms with Gasteiger partial charge >= 0.3 is 14.6 Å². The summed E-state index contributed by atoms with van der Waals surface area (Å²) < 4.78 is 22.7. The van der Waals surface area contributed by atoms with Crippen LogP contribution in [0.5, 0.6) is 5.75 Å². The highest BCUT2D eigenvalue weighted by Crippen LogP contribution is 2.33. The van der Waals surface area contributed by atoms with Crippen molar-refractivity contribution in [2.24, 2.45) is 0 Å². The lowest BCUT2D eigenvalue weighted by molar-refractivity contribution is -0.870. The van der Waals surface area contributed by atoms with E-state index in [-0.39, 0.29) is 13.2 Å². The van der Waals surface area contributed by atoms with E-state index >= 15 is 0 Å². The van der Waals surface area contributed by atoms with E-state index in [4.69, 9.17) is 18.5 Å². The first-order valence-corrected chi connectivity index (χ1v) is 15.3. The first-order valence-electron chi connectivity index (χ1n) is 14.1. The lowest BCUT2D eigenvalue weighted by atomic mass is 10.0. The zero-order chi connectivity index (χ0) is 27.4. The number of unbranched alkanes of at least 4 members (excludes halogenated alkanes) is 10. The van der Waals surface area contributed by atoms with Crippen molar-refractivity contribution in [1.82, 2.24) is 0 Å². The Kier molecular flexibility index (Phi) is 18.9. The summed E-state index contributed by atoms with van der Waals surface area (Å²) in [6.07, 6.45) is 15.1. The molecule has 0 aromatic heterocycles. The van der Waals surface area contributed by atoms with Crippen molar-refractivity contribution in [3.05, 3.63) is 29.8 Å². The summed E-state index contributed by atoms with van der Waals surface area (Å²) in [5.41, 5.74) is 1.25. The molecular weight excluding hydrogens is 489 g/mol. The maximum absolute atomic E-state index is 11.5. The molecule has 1 N–H and O–H groups in total. The normalized spacial score (nSPS) is 13.4. The fourth-order valence-corrected chi connectivity index (χ4v) is 4.51. The van der Waals surface area contributed by atoms with E-state index in [1.165, 1.54) is 83.1 Å². The molecule has 1 aromatic carbocycles. The summed E-state index contributed by atoms with van der Waals surface area (Å²) in [5, 5.41) is 0. The van der Waals surface area contributed by atoms with Crippen molar-refractivity contribution in [3.63, 3.8) is 0 Å². The van der Waals surface area contributed by atoms with Crippen LogP contribution in [0.25, 0.3) is 0 Å². The number of benzene rings is 1. The Balaban J connectivity index is 2.29. The van der Waals surface area contributed by atoms with E-state index in [9.17, 15) is 9.69 Å². The van der Waals surface area contributed by atoms with Crippen LogP contribution in [-0.4, -0.2) is 69.0 Å². The first-order chi connectivity index (χ1) is 17.7. The van der Waals surface area contributed by atoms with Gasteiger partial charge in [-0.2, -0.15) is 0 Å². The van der Waals surface area contributed by atoms with E-state index in [0.29, 0.717) is 6.61 Å². The van der Waals surface area contributed by atoms with Gasteiger partial charge in [0.1, 0.15) is 25.5 Å². The summed E-state index contributed by atoms with van der Waals surface area (Å²) in [4.78, 5) is 21.5. The zero-order valence-corrected chi connectivity index (χ0v) is 25.0. The fraction of sp³-hybridized carbons (Fsp3) is 0.759. The molecule has 214 valence electrons. The van der Waals surface area contributed by atoms with Gasteiger partial charge in [0.05, 0.1) is 27.7 Å². The summed E-state index contributed by atoms with van der Waals surface area (Å²) in [6, 6.07) is 8.08. The van der Waals surface area contributed by atoms with Crippen molar-refractivity contribution in [2.75, 3.05) is 47.5 Å². The van der Waals surface area contributed by atoms with Gasteiger partial charge in [-0.1, -0.05) is 83.3 Å². The van der Waals surface area contributed by atoms with E-state index in [2.05, 4.69) is 19.1 Å². The number of esters is 1. The minimum Gasteiger partial charge on any atom is -0.490 e. The molecule has 8 heteroatoms. The molecule has 1 rings (SSSR count). The number of carbonyl (C=O) groups is 1. The van der Waals surface area contributed by atoms with Crippen LogP contribution in [0.3, 0.4) is 0 Å². The Morgan fingerprint density at radius 1 is 0.919 bits per heavy atom. The Morgan fingerprint density at radius 3 is 2.14 bits per heavy atom. The monoisotopic (exact) mass is 542 g/mol. The highest BCUT2D eigenvalue weighted by Gasteiger charge is 2.18. The number of rotatable bonds is 23. The van der Waals surface area contributed by atoms with E-state index in [0.717, 1.165) is 23.2 Å². The maximum Gasteiger partial charge on any atom is 0.330 e. The van der Waals surface area contributed by atoms with Crippen LogP contribution in [0.4, 0.5) is 0 Å². The third-order valence-electron chi connectivity index (χ3n) is 6.07. The van der Waals surface area contributed by atoms with Crippen LogP contribution >= 0.6 is 8.60 Å². The van der Waals surface area contributed by atoms with Crippen LogP contribution < -0.4 is 4.74 Å². The van der Waals surface area contributed by atoms with Crippen LogP contribution in [-0.2, 0) is 25.0 Å². The van der Waals surface area contributed by atoms with Crippen LogP contribution in [0.15, 0.2) is 24.3 Å². The molecule has 0 bridgehead atoms. The molecule has 0 fully saturated rings. The topological polar surface area (TPSA) is 74.2 Å². The van der Waals surface area contributed by atoms with Crippen molar-refractivity contribution in [2.45, 2.75) is 97.0 Å². The number of hydrogen-bond donors (Lipinski definition) is 1. The third-order valence-corrected chi connectivity index (χ3v) is 6.84. The molecule has 0 saturated heterocycles. The number of aryl methyl sites for hydroxylation is 1. The lowest BCUT2D eigenvalue weighted by Gasteiger charge is -2.24. The largest absolute Gasteiger partial charge is 0.490 e. The number of hydrogen-bond acceptors (Lipinski definition) is 6. The average molecular weight is 543 g/mol. The van der Waals surface area contributed by atoms with Gasteiger partial charge in [0.25, 0.3) is 0 Å². The van der Waals surface area contributed by atoms with Gasteiger partial charge in [-0.15, -0.1) is 0 Å². The van der Waals surface area contributed by atoms with Gasteiger partial charge in [-0.25, -0.2) is 0 Å². The molecule has 2 unspecified atom stereocenters. The molecule has 0 aliphatic rings. The van der Waals surface area contributed by atoms with Crippen molar-refractivity contribution >= 4 is 14.6 Å². The van der Waals surface area contributed by atoms with Crippen molar-refractivity contribution in [3.8, 4) is 5.75 Å². The predicted octanol–water partition coefficient (Wildman–Crippen LogP) is 6.81. The molecule has 7 nitrogen and oxygen atoms in total. The second-order valence-electron chi connectivity index (χ2n) is 10.9. The first kappa shape index (κ1) is 33.8. The standard InChI is InChI=1S/C29H53NO6P/c1-6-7-8-9-10-11-12-13-14-15-16-18-27-19-17-20-28(23-27)33-24-29(36-26(2)31)25-35-37(32)34-22-21-30(3,4)5/h17,19-20,23,29,32H,6-16,18,21-22,24-25H2,1-5H3/q+1. The highest BCUT2D eigenvalue weighted by atomic mass is 31.2. The van der Waals surface area contributed by atoms with E-state index < -0.39 is 20.7 Å². The molecule has 37 heavy (non-hydrogen) atoms. The second kappa shape index (κ2) is 20.7. The minimum atomic E-state index is -2.04.